The Hall–Kier alpha value is -0.870. The molecule has 1 aliphatic rings. The van der Waals surface area contributed by atoms with E-state index in [9.17, 15) is 4.39 Å². The minimum atomic E-state index is -0.326. The molecule has 1 fully saturated rings. The maximum atomic E-state index is 13.7. The number of hydrogen-bond acceptors (Lipinski definition) is 2. The lowest BCUT2D eigenvalue weighted by Gasteiger charge is -2.34. The number of halogens is 3. The van der Waals surface area contributed by atoms with Crippen molar-refractivity contribution in [2.45, 2.75) is 13.0 Å². The van der Waals surface area contributed by atoms with E-state index in [0.717, 1.165) is 31.7 Å². The fourth-order valence-electron chi connectivity index (χ4n) is 3.13. The molecule has 22 heavy (non-hydrogen) atoms. The van der Waals surface area contributed by atoms with Crippen molar-refractivity contribution in [3.8, 4) is 0 Å². The number of benzene rings is 2. The quantitative estimate of drug-likeness (QED) is 0.907. The number of nitrogens with zero attached hydrogens (tertiary/aromatic N) is 1. The summed E-state index contributed by atoms with van der Waals surface area (Å²) in [6.45, 7) is 5.50. The lowest BCUT2D eigenvalue weighted by Crippen LogP contribution is -2.45. The van der Waals surface area contributed by atoms with Crippen molar-refractivity contribution in [1.82, 2.24) is 10.2 Å². The average molecular weight is 345 g/mol. The van der Waals surface area contributed by atoms with Crippen LogP contribution < -0.4 is 5.32 Å². The van der Waals surface area contributed by atoms with Crippen LogP contribution in [0.25, 0.3) is 10.8 Å². The molecule has 1 saturated heterocycles. The second-order valence-corrected chi connectivity index (χ2v) is 5.47. The van der Waals surface area contributed by atoms with Gasteiger partial charge >= 0.3 is 0 Å². The lowest BCUT2D eigenvalue weighted by molar-refractivity contribution is 0.148. The molecule has 1 atom stereocenters. The minimum Gasteiger partial charge on any atom is -0.314 e. The molecule has 5 heteroatoms. The molecule has 2 aromatic carbocycles. The van der Waals surface area contributed by atoms with Crippen LogP contribution >= 0.6 is 24.8 Å². The molecule has 0 amide bonds. The molecule has 0 aliphatic carbocycles. The molecule has 122 valence electrons. The standard InChI is InChI=1S/C17H21FN2.2ClH/c1-13-6-7-16(15-5-3-2-4-14(13)15)17(12-18)20-10-8-19-9-11-20;;/h2-7,17,19H,8-12H2,1H3;2*1H/t17-;;/m0../s1. The molecule has 0 radical (unpaired) electrons. The molecule has 0 spiro atoms. The van der Waals surface area contributed by atoms with Crippen molar-refractivity contribution < 1.29 is 4.39 Å². The number of aryl methyl sites for hydroxylation is 1. The molecule has 0 unspecified atom stereocenters. The van der Waals surface area contributed by atoms with Crippen LogP contribution in [0.5, 0.6) is 0 Å². The van der Waals surface area contributed by atoms with Crippen LogP contribution in [0.15, 0.2) is 36.4 Å². The molecular formula is C17H23Cl2FN2. The number of piperazine rings is 1. The highest BCUT2D eigenvalue weighted by Gasteiger charge is 2.23. The van der Waals surface area contributed by atoms with Gasteiger partial charge in [-0.1, -0.05) is 36.4 Å². The second-order valence-electron chi connectivity index (χ2n) is 5.47. The van der Waals surface area contributed by atoms with Gasteiger partial charge in [0.2, 0.25) is 0 Å². The summed E-state index contributed by atoms with van der Waals surface area (Å²) in [4.78, 5) is 2.26. The number of fused-ring (bicyclic) bond motifs is 1. The third-order valence-corrected chi connectivity index (χ3v) is 4.27. The topological polar surface area (TPSA) is 15.3 Å². The summed E-state index contributed by atoms with van der Waals surface area (Å²) in [5.41, 5.74) is 2.37. The Bertz CT molecular complexity index is 600. The van der Waals surface area contributed by atoms with E-state index in [0.29, 0.717) is 0 Å². The van der Waals surface area contributed by atoms with Gasteiger partial charge in [-0.15, -0.1) is 24.8 Å². The van der Waals surface area contributed by atoms with Crippen LogP contribution in [0.4, 0.5) is 4.39 Å². The monoisotopic (exact) mass is 344 g/mol. The molecule has 1 aliphatic heterocycles. The summed E-state index contributed by atoms with van der Waals surface area (Å²) in [5.74, 6) is 0. The zero-order valence-electron chi connectivity index (χ0n) is 12.7. The number of hydrogen-bond donors (Lipinski definition) is 1. The van der Waals surface area contributed by atoms with Crippen LogP contribution in [0.2, 0.25) is 0 Å². The van der Waals surface area contributed by atoms with Crippen LogP contribution in [-0.2, 0) is 0 Å². The van der Waals surface area contributed by atoms with Crippen molar-refractivity contribution in [2.24, 2.45) is 0 Å². The Morgan fingerprint density at radius 2 is 1.68 bits per heavy atom. The van der Waals surface area contributed by atoms with Crippen molar-refractivity contribution in [3.05, 3.63) is 47.5 Å². The van der Waals surface area contributed by atoms with Gasteiger partial charge in [0.1, 0.15) is 6.67 Å². The Morgan fingerprint density at radius 3 is 2.32 bits per heavy atom. The smallest absolute Gasteiger partial charge is 0.109 e. The second kappa shape index (κ2) is 8.68. The normalized spacial score (nSPS) is 16.6. The van der Waals surface area contributed by atoms with E-state index in [-0.39, 0.29) is 37.5 Å². The number of nitrogens with one attached hydrogen (secondary N) is 1. The number of alkyl halides is 1. The van der Waals surface area contributed by atoms with Crippen molar-refractivity contribution >= 4 is 35.6 Å². The fourth-order valence-corrected chi connectivity index (χ4v) is 3.13. The first-order valence-electron chi connectivity index (χ1n) is 7.30. The fraction of sp³-hybridized carbons (Fsp3) is 0.412. The third kappa shape index (κ3) is 3.72. The van der Waals surface area contributed by atoms with E-state index in [1.165, 1.54) is 16.3 Å². The molecule has 0 bridgehead atoms. The molecular weight excluding hydrogens is 322 g/mol. The van der Waals surface area contributed by atoms with Gasteiger partial charge in [0.15, 0.2) is 0 Å². The predicted octanol–water partition coefficient (Wildman–Crippen LogP) is 3.91. The average Bonchev–Trinajstić information content (AvgIpc) is 2.52. The van der Waals surface area contributed by atoms with Gasteiger partial charge in [-0.25, -0.2) is 4.39 Å². The van der Waals surface area contributed by atoms with Crippen LogP contribution in [0.1, 0.15) is 17.2 Å². The summed E-state index contributed by atoms with van der Waals surface area (Å²) >= 11 is 0. The molecule has 1 heterocycles. The van der Waals surface area contributed by atoms with E-state index in [1.54, 1.807) is 0 Å². The maximum absolute atomic E-state index is 13.7. The summed E-state index contributed by atoms with van der Waals surface area (Å²) < 4.78 is 13.7. The maximum Gasteiger partial charge on any atom is 0.109 e. The van der Waals surface area contributed by atoms with Crippen molar-refractivity contribution in [3.63, 3.8) is 0 Å². The highest BCUT2D eigenvalue weighted by molar-refractivity contribution is 5.89. The van der Waals surface area contributed by atoms with Crippen molar-refractivity contribution in [2.75, 3.05) is 32.9 Å². The third-order valence-electron chi connectivity index (χ3n) is 4.27. The van der Waals surface area contributed by atoms with Crippen molar-refractivity contribution in [1.29, 1.82) is 0 Å². The van der Waals surface area contributed by atoms with Gasteiger partial charge in [-0.3, -0.25) is 4.90 Å². The van der Waals surface area contributed by atoms with Gasteiger partial charge in [-0.2, -0.15) is 0 Å². The van der Waals surface area contributed by atoms with E-state index in [1.807, 2.05) is 12.1 Å². The largest absolute Gasteiger partial charge is 0.314 e. The molecule has 2 nitrogen and oxygen atoms in total. The predicted molar refractivity (Wildman–Crippen MR) is 96.3 cm³/mol. The minimum absolute atomic E-state index is 0. The van der Waals surface area contributed by atoms with E-state index >= 15 is 0 Å². The van der Waals surface area contributed by atoms with Crippen LogP contribution in [0, 0.1) is 6.92 Å². The Morgan fingerprint density at radius 1 is 1.05 bits per heavy atom. The molecule has 2 aromatic rings. The summed E-state index contributed by atoms with van der Waals surface area (Å²) in [6, 6.07) is 12.4. The van der Waals surface area contributed by atoms with E-state index < -0.39 is 0 Å². The zero-order chi connectivity index (χ0) is 13.9. The Balaban J connectivity index is 0.00000121. The van der Waals surface area contributed by atoms with Gasteiger partial charge in [0.05, 0.1) is 6.04 Å². The SMILES string of the molecule is Cc1ccc([C@H](CF)N2CCNCC2)c2ccccc12.Cl.Cl. The number of rotatable bonds is 3. The van der Waals surface area contributed by atoms with Gasteiger partial charge in [-0.05, 0) is 28.8 Å². The van der Waals surface area contributed by atoms with E-state index in [2.05, 4.69) is 41.4 Å². The Kier molecular flexibility index (Phi) is 7.57. The van der Waals surface area contributed by atoms with Gasteiger partial charge in [0, 0.05) is 26.2 Å². The highest BCUT2D eigenvalue weighted by Crippen LogP contribution is 2.30. The van der Waals surface area contributed by atoms with Crippen LogP contribution in [-0.4, -0.2) is 37.8 Å². The molecule has 0 saturated carbocycles. The zero-order valence-corrected chi connectivity index (χ0v) is 14.4. The van der Waals surface area contributed by atoms with E-state index in [4.69, 9.17) is 0 Å². The first-order chi connectivity index (χ1) is 9.81. The highest BCUT2D eigenvalue weighted by atomic mass is 35.5. The molecule has 3 rings (SSSR count). The summed E-state index contributed by atoms with van der Waals surface area (Å²) in [6.07, 6.45) is 0. The first-order valence-corrected chi connectivity index (χ1v) is 7.30. The van der Waals surface area contributed by atoms with Gasteiger partial charge < -0.3 is 5.32 Å². The summed E-state index contributed by atoms with van der Waals surface area (Å²) in [7, 11) is 0. The summed E-state index contributed by atoms with van der Waals surface area (Å²) in [5, 5.41) is 5.75. The van der Waals surface area contributed by atoms with Crippen LogP contribution in [0.3, 0.4) is 0 Å². The lowest BCUT2D eigenvalue weighted by atomic mass is 9.95. The molecule has 0 aromatic heterocycles. The first kappa shape index (κ1) is 19.2. The Labute approximate surface area is 143 Å². The van der Waals surface area contributed by atoms with Gasteiger partial charge in [0.25, 0.3) is 0 Å². The molecule has 1 N–H and O–H groups in total.